The first-order chi connectivity index (χ1) is 11.1. The van der Waals surface area contributed by atoms with Gasteiger partial charge < -0.3 is 5.32 Å². The van der Waals surface area contributed by atoms with Crippen LogP contribution in [0.15, 0.2) is 47.6 Å². The van der Waals surface area contributed by atoms with Crippen molar-refractivity contribution in [2.45, 2.75) is 23.8 Å². The molecule has 0 radical (unpaired) electrons. The van der Waals surface area contributed by atoms with E-state index in [1.54, 1.807) is 0 Å². The Hall–Kier alpha value is -1.83. The van der Waals surface area contributed by atoms with Gasteiger partial charge in [0.15, 0.2) is 5.82 Å². The van der Waals surface area contributed by atoms with E-state index in [2.05, 4.69) is 15.3 Å². The number of nitrogens with zero attached hydrogens (tertiary/aromatic N) is 3. The lowest BCUT2D eigenvalue weighted by molar-refractivity contribution is 0.292. The fourth-order valence-corrected chi connectivity index (χ4v) is 4.15. The summed E-state index contributed by atoms with van der Waals surface area (Å²) in [5.41, 5.74) is 0.865. The van der Waals surface area contributed by atoms with Crippen molar-refractivity contribution in [2.24, 2.45) is 0 Å². The zero-order valence-corrected chi connectivity index (χ0v) is 13.8. The van der Waals surface area contributed by atoms with Crippen LogP contribution >= 0.6 is 0 Å². The Morgan fingerprint density at radius 2 is 1.87 bits per heavy atom. The highest BCUT2D eigenvalue weighted by atomic mass is 32.2. The van der Waals surface area contributed by atoms with Crippen molar-refractivity contribution in [3.63, 3.8) is 0 Å². The number of likely N-dealkylation sites (N-methyl/N-ethyl adjacent to an activating group) is 1. The molecule has 1 saturated heterocycles. The van der Waals surface area contributed by atoms with Gasteiger partial charge in [0.25, 0.3) is 0 Å². The van der Waals surface area contributed by atoms with Crippen molar-refractivity contribution in [3.8, 4) is 11.4 Å². The van der Waals surface area contributed by atoms with Gasteiger partial charge in [0.05, 0.1) is 12.4 Å². The minimum atomic E-state index is -3.54. The fraction of sp³-hybridized carbons (Fsp3) is 0.375. The third-order valence-electron chi connectivity index (χ3n) is 4.09. The molecule has 2 aromatic rings. The standard InChI is InChI=1S/C16H20N4O2S/c1-17-14-8-5-9-20(12-14)23(21,22)15-10-18-16(19-11-15)13-6-3-2-4-7-13/h2-4,6-7,10-11,14,17H,5,8-9,12H2,1H3. The molecule has 7 heteroatoms. The van der Waals surface area contributed by atoms with Crippen LogP contribution in [0.1, 0.15) is 12.8 Å². The molecule has 1 N–H and O–H groups in total. The number of hydrogen-bond acceptors (Lipinski definition) is 5. The molecule has 1 aromatic heterocycles. The van der Waals surface area contributed by atoms with Crippen LogP contribution in [0.2, 0.25) is 0 Å². The fourth-order valence-electron chi connectivity index (χ4n) is 2.73. The van der Waals surface area contributed by atoms with Crippen LogP contribution in [-0.2, 0) is 10.0 Å². The Balaban J connectivity index is 1.83. The maximum atomic E-state index is 12.7. The molecule has 3 rings (SSSR count). The van der Waals surface area contributed by atoms with E-state index in [9.17, 15) is 8.42 Å². The van der Waals surface area contributed by atoms with E-state index < -0.39 is 10.0 Å². The van der Waals surface area contributed by atoms with E-state index in [1.807, 2.05) is 37.4 Å². The van der Waals surface area contributed by atoms with Crippen molar-refractivity contribution in [2.75, 3.05) is 20.1 Å². The highest BCUT2D eigenvalue weighted by Gasteiger charge is 2.30. The summed E-state index contributed by atoms with van der Waals surface area (Å²) in [7, 11) is -1.68. The van der Waals surface area contributed by atoms with E-state index in [-0.39, 0.29) is 10.9 Å². The monoisotopic (exact) mass is 332 g/mol. The molecule has 0 amide bonds. The molecule has 1 aromatic carbocycles. The van der Waals surface area contributed by atoms with Crippen molar-refractivity contribution in [1.82, 2.24) is 19.6 Å². The summed E-state index contributed by atoms with van der Waals surface area (Å²) >= 11 is 0. The Morgan fingerprint density at radius 1 is 1.17 bits per heavy atom. The zero-order valence-electron chi connectivity index (χ0n) is 13.0. The molecular weight excluding hydrogens is 312 g/mol. The number of benzene rings is 1. The molecule has 122 valence electrons. The summed E-state index contributed by atoms with van der Waals surface area (Å²) in [5, 5.41) is 3.15. The second-order valence-electron chi connectivity index (χ2n) is 5.60. The summed E-state index contributed by atoms with van der Waals surface area (Å²) in [4.78, 5) is 8.58. The third-order valence-corrected chi connectivity index (χ3v) is 5.91. The lowest BCUT2D eigenvalue weighted by Gasteiger charge is -2.31. The van der Waals surface area contributed by atoms with Crippen LogP contribution in [0.4, 0.5) is 0 Å². The summed E-state index contributed by atoms with van der Waals surface area (Å²) < 4.78 is 26.9. The molecule has 2 heterocycles. The van der Waals surface area contributed by atoms with Crippen LogP contribution in [0.3, 0.4) is 0 Å². The number of hydrogen-bond donors (Lipinski definition) is 1. The number of rotatable bonds is 4. The van der Waals surface area contributed by atoms with Gasteiger partial charge in [-0.25, -0.2) is 18.4 Å². The van der Waals surface area contributed by atoms with Crippen molar-refractivity contribution < 1.29 is 8.42 Å². The minimum absolute atomic E-state index is 0.147. The lowest BCUT2D eigenvalue weighted by Crippen LogP contribution is -2.46. The SMILES string of the molecule is CNC1CCCN(S(=O)(=O)c2cnc(-c3ccccc3)nc2)C1. The summed E-state index contributed by atoms with van der Waals surface area (Å²) in [6, 6.07) is 9.70. The van der Waals surface area contributed by atoms with Gasteiger partial charge in [-0.3, -0.25) is 0 Å². The first-order valence-electron chi connectivity index (χ1n) is 7.66. The van der Waals surface area contributed by atoms with Gasteiger partial charge in [0.1, 0.15) is 4.90 Å². The average Bonchev–Trinajstić information content (AvgIpc) is 2.62. The number of sulfonamides is 1. The molecule has 0 spiro atoms. The molecule has 1 unspecified atom stereocenters. The molecule has 1 aliphatic heterocycles. The molecule has 1 atom stereocenters. The second kappa shape index (κ2) is 6.74. The molecule has 0 saturated carbocycles. The summed E-state index contributed by atoms with van der Waals surface area (Å²) in [6.07, 6.45) is 4.64. The van der Waals surface area contributed by atoms with Gasteiger partial charge in [0.2, 0.25) is 10.0 Å². The van der Waals surface area contributed by atoms with Crippen molar-refractivity contribution >= 4 is 10.0 Å². The molecule has 6 nitrogen and oxygen atoms in total. The van der Waals surface area contributed by atoms with Gasteiger partial charge in [-0.2, -0.15) is 4.31 Å². The van der Waals surface area contributed by atoms with Crippen LogP contribution in [0.5, 0.6) is 0 Å². The van der Waals surface area contributed by atoms with Gasteiger partial charge in [-0.05, 0) is 19.9 Å². The van der Waals surface area contributed by atoms with Gasteiger partial charge in [-0.15, -0.1) is 0 Å². The predicted molar refractivity (Wildman–Crippen MR) is 88.3 cm³/mol. The first kappa shape index (κ1) is 16.0. The van der Waals surface area contributed by atoms with Crippen molar-refractivity contribution in [1.29, 1.82) is 0 Å². The minimum Gasteiger partial charge on any atom is -0.316 e. The van der Waals surface area contributed by atoms with Gasteiger partial charge in [-0.1, -0.05) is 30.3 Å². The molecule has 0 bridgehead atoms. The molecule has 1 aliphatic rings. The van der Waals surface area contributed by atoms with Gasteiger partial charge in [0, 0.05) is 24.7 Å². The largest absolute Gasteiger partial charge is 0.316 e. The highest BCUT2D eigenvalue weighted by molar-refractivity contribution is 7.89. The number of aromatic nitrogens is 2. The first-order valence-corrected chi connectivity index (χ1v) is 9.10. The van der Waals surface area contributed by atoms with E-state index in [1.165, 1.54) is 16.7 Å². The Labute approximate surface area is 136 Å². The van der Waals surface area contributed by atoms with Gasteiger partial charge >= 0.3 is 0 Å². The van der Waals surface area contributed by atoms with Crippen LogP contribution in [0.25, 0.3) is 11.4 Å². The molecule has 0 aliphatic carbocycles. The Kier molecular flexibility index (Phi) is 4.70. The summed E-state index contributed by atoms with van der Waals surface area (Å²) in [6.45, 7) is 1.03. The Bertz CT molecular complexity index is 747. The van der Waals surface area contributed by atoms with Crippen LogP contribution in [-0.4, -0.2) is 48.9 Å². The predicted octanol–water partition coefficient (Wildman–Crippen LogP) is 1.52. The lowest BCUT2D eigenvalue weighted by atomic mass is 10.1. The van der Waals surface area contributed by atoms with Crippen molar-refractivity contribution in [3.05, 3.63) is 42.7 Å². The highest BCUT2D eigenvalue weighted by Crippen LogP contribution is 2.21. The Morgan fingerprint density at radius 3 is 2.52 bits per heavy atom. The quantitative estimate of drug-likeness (QED) is 0.919. The second-order valence-corrected chi connectivity index (χ2v) is 7.54. The molecule has 1 fully saturated rings. The molecular formula is C16H20N4O2S. The van der Waals surface area contributed by atoms with E-state index in [0.29, 0.717) is 18.9 Å². The maximum absolute atomic E-state index is 12.7. The normalized spacial score (nSPS) is 19.6. The van der Waals surface area contributed by atoms with E-state index >= 15 is 0 Å². The number of nitrogens with one attached hydrogen (secondary N) is 1. The topological polar surface area (TPSA) is 75.2 Å². The zero-order chi connectivity index (χ0) is 16.3. The van der Waals surface area contributed by atoms with E-state index in [0.717, 1.165) is 18.4 Å². The maximum Gasteiger partial charge on any atom is 0.246 e. The average molecular weight is 332 g/mol. The van der Waals surface area contributed by atoms with Crippen LogP contribution in [0, 0.1) is 0 Å². The van der Waals surface area contributed by atoms with Crippen LogP contribution < -0.4 is 5.32 Å². The number of piperidine rings is 1. The third kappa shape index (κ3) is 3.41. The van der Waals surface area contributed by atoms with E-state index in [4.69, 9.17) is 0 Å². The smallest absolute Gasteiger partial charge is 0.246 e. The summed E-state index contributed by atoms with van der Waals surface area (Å²) in [5.74, 6) is 0.524. The molecule has 23 heavy (non-hydrogen) atoms.